The molecule has 122 valence electrons. The molecule has 0 saturated carbocycles. The van der Waals surface area contributed by atoms with E-state index in [1.165, 1.54) is 0 Å². The summed E-state index contributed by atoms with van der Waals surface area (Å²) < 4.78 is 25.6. The van der Waals surface area contributed by atoms with Gasteiger partial charge in [-0.15, -0.1) is 0 Å². The van der Waals surface area contributed by atoms with Gasteiger partial charge in [0.1, 0.15) is 6.10 Å². The molecule has 0 unspecified atom stereocenters. The molecule has 2 rings (SSSR count). The van der Waals surface area contributed by atoms with Crippen molar-refractivity contribution in [3.8, 4) is 0 Å². The standard InChI is InChI=1S/C13H17FN2O6/c1-6(2)12(19)22-10-7(5-17)21-11(9(10)14)16-4-3-8(18)15-13(16)20/h3-4,6-7,9-11,17H,5H2,1-2H3,(H,15,18,20)/t7-,9-,10-,11-/m1/s1. The van der Waals surface area contributed by atoms with Crippen LogP contribution in [0.3, 0.4) is 0 Å². The monoisotopic (exact) mass is 316 g/mol. The number of carbonyl (C=O) groups is 1. The molecule has 0 aromatic carbocycles. The molecule has 9 heteroatoms. The Morgan fingerprint density at radius 1 is 1.55 bits per heavy atom. The number of H-pyrrole nitrogens is 1. The van der Waals surface area contributed by atoms with Gasteiger partial charge in [-0.3, -0.25) is 19.1 Å². The number of carbonyl (C=O) groups excluding carboxylic acids is 1. The van der Waals surface area contributed by atoms with Crippen LogP contribution in [-0.4, -0.2) is 45.6 Å². The van der Waals surface area contributed by atoms with Gasteiger partial charge in [-0.1, -0.05) is 13.8 Å². The summed E-state index contributed by atoms with van der Waals surface area (Å²) in [5, 5.41) is 9.26. The highest BCUT2D eigenvalue weighted by Crippen LogP contribution is 2.33. The zero-order valence-electron chi connectivity index (χ0n) is 12.1. The summed E-state index contributed by atoms with van der Waals surface area (Å²) in [6, 6.07) is 1.04. The first-order chi connectivity index (χ1) is 10.3. The van der Waals surface area contributed by atoms with Gasteiger partial charge < -0.3 is 14.6 Å². The average molecular weight is 316 g/mol. The number of ether oxygens (including phenoxy) is 2. The summed E-state index contributed by atoms with van der Waals surface area (Å²) in [6.07, 6.45) is -4.60. The lowest BCUT2D eigenvalue weighted by Crippen LogP contribution is -2.38. The minimum atomic E-state index is -1.86. The first-order valence-electron chi connectivity index (χ1n) is 6.77. The van der Waals surface area contributed by atoms with E-state index in [4.69, 9.17) is 9.47 Å². The average Bonchev–Trinajstić information content (AvgIpc) is 2.76. The van der Waals surface area contributed by atoms with Gasteiger partial charge in [0, 0.05) is 12.3 Å². The molecule has 0 spiro atoms. The second-order valence-electron chi connectivity index (χ2n) is 5.27. The Morgan fingerprint density at radius 2 is 2.23 bits per heavy atom. The zero-order valence-corrected chi connectivity index (χ0v) is 12.1. The third kappa shape index (κ3) is 3.09. The molecule has 0 bridgehead atoms. The maximum atomic E-state index is 14.5. The number of hydrogen-bond donors (Lipinski definition) is 2. The first-order valence-corrected chi connectivity index (χ1v) is 6.77. The van der Waals surface area contributed by atoms with Crippen molar-refractivity contribution in [2.24, 2.45) is 5.92 Å². The van der Waals surface area contributed by atoms with Gasteiger partial charge in [0.25, 0.3) is 5.56 Å². The van der Waals surface area contributed by atoms with Crippen LogP contribution in [0, 0.1) is 5.92 Å². The molecule has 1 aromatic heterocycles. The van der Waals surface area contributed by atoms with Crippen LogP contribution in [0.4, 0.5) is 4.39 Å². The Kier molecular flexibility index (Phi) is 4.77. The van der Waals surface area contributed by atoms with Gasteiger partial charge in [-0.05, 0) is 0 Å². The fourth-order valence-corrected chi connectivity index (χ4v) is 2.10. The largest absolute Gasteiger partial charge is 0.456 e. The Balaban J connectivity index is 2.27. The molecular weight excluding hydrogens is 299 g/mol. The van der Waals surface area contributed by atoms with Crippen LogP contribution in [0.5, 0.6) is 0 Å². The van der Waals surface area contributed by atoms with Crippen molar-refractivity contribution >= 4 is 5.97 Å². The van der Waals surface area contributed by atoms with Crippen LogP contribution in [-0.2, 0) is 14.3 Å². The van der Waals surface area contributed by atoms with Crippen LogP contribution in [0.2, 0.25) is 0 Å². The molecule has 2 heterocycles. The van der Waals surface area contributed by atoms with Gasteiger partial charge in [0.15, 0.2) is 18.5 Å². The second kappa shape index (κ2) is 6.41. The molecule has 2 N–H and O–H groups in total. The Hall–Kier alpha value is -2.00. The molecule has 1 fully saturated rings. The Labute approximate surface area is 124 Å². The number of aliphatic hydroxyl groups excluding tert-OH is 1. The fourth-order valence-electron chi connectivity index (χ4n) is 2.10. The van der Waals surface area contributed by atoms with Crippen molar-refractivity contribution in [3.63, 3.8) is 0 Å². The quantitative estimate of drug-likeness (QED) is 0.713. The van der Waals surface area contributed by atoms with Crippen LogP contribution in [0.25, 0.3) is 0 Å². The van der Waals surface area contributed by atoms with E-state index in [2.05, 4.69) is 0 Å². The van der Waals surface area contributed by atoms with E-state index in [1.807, 2.05) is 4.98 Å². The van der Waals surface area contributed by atoms with Gasteiger partial charge in [-0.2, -0.15) is 0 Å². The number of nitrogens with one attached hydrogen (secondary N) is 1. The molecule has 0 amide bonds. The van der Waals surface area contributed by atoms with E-state index < -0.39 is 54.4 Å². The number of halogens is 1. The molecule has 1 saturated heterocycles. The number of nitrogens with zero attached hydrogens (tertiary/aromatic N) is 1. The molecule has 8 nitrogen and oxygen atoms in total. The van der Waals surface area contributed by atoms with E-state index in [0.29, 0.717) is 0 Å². The highest BCUT2D eigenvalue weighted by atomic mass is 19.1. The number of aliphatic hydroxyl groups is 1. The number of rotatable bonds is 4. The summed E-state index contributed by atoms with van der Waals surface area (Å²) >= 11 is 0. The highest BCUT2D eigenvalue weighted by molar-refractivity contribution is 5.71. The predicted octanol–water partition coefficient (Wildman–Crippen LogP) is -0.668. The van der Waals surface area contributed by atoms with Crippen LogP contribution in [0.15, 0.2) is 21.9 Å². The van der Waals surface area contributed by atoms with Gasteiger partial charge >= 0.3 is 11.7 Å². The lowest BCUT2D eigenvalue weighted by molar-refractivity contribution is -0.158. The van der Waals surface area contributed by atoms with Crippen molar-refractivity contribution in [2.45, 2.75) is 38.5 Å². The lowest BCUT2D eigenvalue weighted by atomic mass is 10.1. The van der Waals surface area contributed by atoms with Crippen molar-refractivity contribution < 1.29 is 23.8 Å². The van der Waals surface area contributed by atoms with Gasteiger partial charge in [0.05, 0.1) is 12.5 Å². The summed E-state index contributed by atoms with van der Waals surface area (Å²) in [6.45, 7) is 2.59. The molecule has 0 radical (unpaired) electrons. The summed E-state index contributed by atoms with van der Waals surface area (Å²) in [5.41, 5.74) is -1.48. The SMILES string of the molecule is CC(C)C(=O)O[C@H]1[C@@H](F)[C@H](n2ccc(=O)[nH]c2=O)O[C@@H]1CO. The Morgan fingerprint density at radius 3 is 2.77 bits per heavy atom. The Bertz CT molecular complexity index is 654. The highest BCUT2D eigenvalue weighted by Gasteiger charge is 2.48. The summed E-state index contributed by atoms with van der Waals surface area (Å²) in [4.78, 5) is 36.3. The summed E-state index contributed by atoms with van der Waals surface area (Å²) in [5.74, 6) is -1.11. The molecule has 4 atom stereocenters. The van der Waals surface area contributed by atoms with E-state index in [0.717, 1.165) is 16.8 Å². The smallest absolute Gasteiger partial charge is 0.330 e. The third-order valence-electron chi connectivity index (χ3n) is 3.30. The van der Waals surface area contributed by atoms with Crippen LogP contribution in [0.1, 0.15) is 20.1 Å². The summed E-state index contributed by atoms with van der Waals surface area (Å²) in [7, 11) is 0. The topological polar surface area (TPSA) is 111 Å². The molecule has 1 aromatic rings. The normalized spacial score (nSPS) is 28.0. The number of alkyl halides is 1. The van der Waals surface area contributed by atoms with E-state index in [1.54, 1.807) is 13.8 Å². The lowest BCUT2D eigenvalue weighted by Gasteiger charge is -2.19. The predicted molar refractivity (Wildman–Crippen MR) is 71.9 cm³/mol. The number of aromatic amines is 1. The van der Waals surface area contributed by atoms with Crippen molar-refractivity contribution in [1.29, 1.82) is 0 Å². The molecule has 22 heavy (non-hydrogen) atoms. The maximum Gasteiger partial charge on any atom is 0.330 e. The molecular formula is C13H17FN2O6. The van der Waals surface area contributed by atoms with Gasteiger partial charge in [0.2, 0.25) is 0 Å². The van der Waals surface area contributed by atoms with E-state index in [-0.39, 0.29) is 0 Å². The minimum Gasteiger partial charge on any atom is -0.456 e. The van der Waals surface area contributed by atoms with Crippen LogP contribution >= 0.6 is 0 Å². The van der Waals surface area contributed by atoms with Gasteiger partial charge in [-0.25, -0.2) is 9.18 Å². The molecule has 1 aliphatic rings. The number of aromatic nitrogens is 2. The number of hydrogen-bond acceptors (Lipinski definition) is 6. The van der Waals surface area contributed by atoms with Crippen molar-refractivity contribution in [3.05, 3.63) is 33.1 Å². The van der Waals surface area contributed by atoms with E-state index in [9.17, 15) is 23.9 Å². The van der Waals surface area contributed by atoms with Crippen molar-refractivity contribution in [1.82, 2.24) is 9.55 Å². The van der Waals surface area contributed by atoms with Crippen LogP contribution < -0.4 is 11.2 Å². The molecule has 0 aliphatic carbocycles. The fraction of sp³-hybridized carbons (Fsp3) is 0.615. The molecule has 1 aliphatic heterocycles. The second-order valence-corrected chi connectivity index (χ2v) is 5.27. The third-order valence-corrected chi connectivity index (χ3v) is 3.30. The first kappa shape index (κ1) is 16.4. The van der Waals surface area contributed by atoms with E-state index >= 15 is 0 Å². The number of esters is 1. The van der Waals surface area contributed by atoms with Crippen molar-refractivity contribution in [2.75, 3.05) is 6.61 Å². The minimum absolute atomic E-state index is 0.471. The zero-order chi connectivity index (χ0) is 16.4. The maximum absolute atomic E-state index is 14.5.